The normalized spacial score (nSPS) is 16.9. The van der Waals surface area contributed by atoms with Crippen LogP contribution in [0.4, 0.5) is 5.69 Å². The fraction of sp³-hybridized carbons (Fsp3) is 0.375. The van der Waals surface area contributed by atoms with Crippen LogP contribution in [0.1, 0.15) is 18.4 Å². The molecule has 1 amide bonds. The zero-order chi connectivity index (χ0) is 17.2. The highest BCUT2D eigenvalue weighted by atomic mass is 32.2. The molecule has 0 bridgehead atoms. The summed E-state index contributed by atoms with van der Waals surface area (Å²) in [6, 6.07) is 6.83. The molecule has 0 radical (unpaired) electrons. The van der Waals surface area contributed by atoms with Crippen LogP contribution in [-0.2, 0) is 14.8 Å². The van der Waals surface area contributed by atoms with E-state index < -0.39 is 10.0 Å². The molecule has 2 heterocycles. The van der Waals surface area contributed by atoms with E-state index in [4.69, 9.17) is 0 Å². The lowest BCUT2D eigenvalue weighted by Crippen LogP contribution is -2.41. The van der Waals surface area contributed by atoms with Crippen molar-refractivity contribution < 1.29 is 13.2 Å². The summed E-state index contributed by atoms with van der Waals surface area (Å²) in [4.78, 5) is 12.5. The summed E-state index contributed by atoms with van der Waals surface area (Å²) in [5, 5.41) is 9.19. The minimum absolute atomic E-state index is 0.0937. The lowest BCUT2D eigenvalue weighted by atomic mass is 9.97. The summed E-state index contributed by atoms with van der Waals surface area (Å²) < 4.78 is 26.7. The Morgan fingerprint density at radius 3 is 2.50 bits per heavy atom. The lowest BCUT2D eigenvalue weighted by molar-refractivity contribution is -0.120. The smallest absolute Gasteiger partial charge is 0.243 e. The number of anilines is 1. The van der Waals surface area contributed by atoms with Crippen molar-refractivity contribution in [3.8, 4) is 0 Å². The molecule has 0 atom stereocenters. The number of hydrogen-bond donors (Lipinski definition) is 2. The van der Waals surface area contributed by atoms with Gasteiger partial charge < -0.3 is 5.32 Å². The summed E-state index contributed by atoms with van der Waals surface area (Å²) in [6.07, 6.45) is 4.16. The monoisotopic (exact) mass is 348 g/mol. The Balaban J connectivity index is 1.62. The van der Waals surface area contributed by atoms with Gasteiger partial charge in [-0.2, -0.15) is 9.40 Å². The van der Waals surface area contributed by atoms with Gasteiger partial charge in [0.25, 0.3) is 0 Å². The Bertz CT molecular complexity index is 792. The molecule has 1 saturated heterocycles. The standard InChI is InChI=1S/C16H20N4O3S/c1-12-2-4-15(5-3-12)24(22,23)20-8-6-13(7-9-20)16(21)19-14-10-17-18-11-14/h2-5,10-11,13H,6-9H2,1H3,(H,17,18)(H,19,21). The molecule has 2 aromatic rings. The average molecular weight is 348 g/mol. The molecule has 1 aromatic heterocycles. The zero-order valence-electron chi connectivity index (χ0n) is 13.4. The SMILES string of the molecule is Cc1ccc(S(=O)(=O)N2CCC(C(=O)Nc3cn[nH]c3)CC2)cc1. The molecule has 1 aromatic carbocycles. The molecule has 1 aliphatic heterocycles. The van der Waals surface area contributed by atoms with E-state index in [9.17, 15) is 13.2 Å². The van der Waals surface area contributed by atoms with E-state index in [1.165, 1.54) is 10.5 Å². The third-order valence-corrected chi connectivity index (χ3v) is 6.16. The predicted molar refractivity (Wildman–Crippen MR) is 89.9 cm³/mol. The third-order valence-electron chi connectivity index (χ3n) is 4.25. The van der Waals surface area contributed by atoms with Crippen LogP contribution in [0.15, 0.2) is 41.6 Å². The molecule has 7 nitrogen and oxygen atoms in total. The predicted octanol–water partition coefficient (Wildman–Crippen LogP) is 1.76. The molecule has 3 rings (SSSR count). The molecule has 0 unspecified atom stereocenters. The Labute approximate surface area is 141 Å². The molecule has 1 aliphatic rings. The highest BCUT2D eigenvalue weighted by molar-refractivity contribution is 7.89. The molecule has 1 fully saturated rings. The van der Waals surface area contributed by atoms with Crippen LogP contribution in [0, 0.1) is 12.8 Å². The number of carbonyl (C=O) groups is 1. The Morgan fingerprint density at radius 1 is 1.25 bits per heavy atom. The number of sulfonamides is 1. The summed E-state index contributed by atoms with van der Waals surface area (Å²) in [6.45, 7) is 2.61. The van der Waals surface area contributed by atoms with E-state index in [0.717, 1.165) is 5.56 Å². The first-order valence-electron chi connectivity index (χ1n) is 7.83. The molecular formula is C16H20N4O3S. The van der Waals surface area contributed by atoms with E-state index in [1.807, 2.05) is 6.92 Å². The van der Waals surface area contributed by atoms with Crippen LogP contribution in [0.5, 0.6) is 0 Å². The summed E-state index contributed by atoms with van der Waals surface area (Å²) in [5.41, 5.74) is 1.64. The first-order valence-corrected chi connectivity index (χ1v) is 9.27. The van der Waals surface area contributed by atoms with E-state index in [1.54, 1.807) is 30.5 Å². The van der Waals surface area contributed by atoms with Gasteiger partial charge in [0, 0.05) is 25.2 Å². The maximum absolute atomic E-state index is 12.6. The zero-order valence-corrected chi connectivity index (χ0v) is 14.2. The van der Waals surface area contributed by atoms with Crippen molar-refractivity contribution >= 4 is 21.6 Å². The molecular weight excluding hydrogens is 328 g/mol. The number of nitrogens with zero attached hydrogens (tertiary/aromatic N) is 2. The number of rotatable bonds is 4. The van der Waals surface area contributed by atoms with Crippen LogP contribution in [0.2, 0.25) is 0 Å². The second-order valence-corrected chi connectivity index (χ2v) is 7.91. The summed E-state index contributed by atoms with van der Waals surface area (Å²) >= 11 is 0. The van der Waals surface area contributed by atoms with Crippen molar-refractivity contribution in [3.05, 3.63) is 42.2 Å². The summed E-state index contributed by atoms with van der Waals surface area (Å²) in [5.74, 6) is -0.284. The number of aromatic amines is 1. The van der Waals surface area contributed by atoms with Gasteiger partial charge in [-0.1, -0.05) is 17.7 Å². The number of piperidine rings is 1. The van der Waals surface area contributed by atoms with Gasteiger partial charge in [0.05, 0.1) is 16.8 Å². The molecule has 2 N–H and O–H groups in total. The van der Waals surface area contributed by atoms with Gasteiger partial charge in [-0.25, -0.2) is 8.42 Å². The highest BCUT2D eigenvalue weighted by Crippen LogP contribution is 2.25. The minimum Gasteiger partial charge on any atom is -0.323 e. The van der Waals surface area contributed by atoms with Crippen molar-refractivity contribution in [1.82, 2.24) is 14.5 Å². The topological polar surface area (TPSA) is 95.2 Å². The molecule has 128 valence electrons. The molecule has 8 heteroatoms. The highest BCUT2D eigenvalue weighted by Gasteiger charge is 2.32. The van der Waals surface area contributed by atoms with Crippen molar-refractivity contribution in [3.63, 3.8) is 0 Å². The Hall–Kier alpha value is -2.19. The fourth-order valence-corrected chi connectivity index (χ4v) is 4.25. The number of benzene rings is 1. The lowest BCUT2D eigenvalue weighted by Gasteiger charge is -2.30. The second-order valence-electron chi connectivity index (χ2n) is 5.97. The number of carbonyl (C=O) groups excluding carboxylic acids is 1. The average Bonchev–Trinajstić information content (AvgIpc) is 3.08. The van der Waals surface area contributed by atoms with Gasteiger partial charge in [0.15, 0.2) is 0 Å². The van der Waals surface area contributed by atoms with Gasteiger partial charge in [-0.15, -0.1) is 0 Å². The van der Waals surface area contributed by atoms with E-state index in [-0.39, 0.29) is 11.8 Å². The number of H-pyrrole nitrogens is 1. The second kappa shape index (κ2) is 6.74. The van der Waals surface area contributed by atoms with Gasteiger partial charge in [-0.3, -0.25) is 9.89 Å². The molecule has 24 heavy (non-hydrogen) atoms. The van der Waals surface area contributed by atoms with Gasteiger partial charge in [0.1, 0.15) is 0 Å². The van der Waals surface area contributed by atoms with Gasteiger partial charge in [-0.05, 0) is 31.9 Å². The van der Waals surface area contributed by atoms with Gasteiger partial charge >= 0.3 is 0 Å². The maximum Gasteiger partial charge on any atom is 0.243 e. The summed E-state index contributed by atoms with van der Waals surface area (Å²) in [7, 11) is -3.49. The number of hydrogen-bond acceptors (Lipinski definition) is 4. The first kappa shape index (κ1) is 16.7. The van der Waals surface area contributed by atoms with E-state index in [2.05, 4.69) is 15.5 Å². The maximum atomic E-state index is 12.6. The van der Waals surface area contributed by atoms with Crippen LogP contribution in [0.25, 0.3) is 0 Å². The Morgan fingerprint density at radius 2 is 1.92 bits per heavy atom. The number of aromatic nitrogens is 2. The first-order chi connectivity index (χ1) is 11.5. The largest absolute Gasteiger partial charge is 0.323 e. The number of amides is 1. The van der Waals surface area contributed by atoms with E-state index >= 15 is 0 Å². The minimum atomic E-state index is -3.49. The molecule has 0 spiro atoms. The van der Waals surface area contributed by atoms with Crippen molar-refractivity contribution in [2.75, 3.05) is 18.4 Å². The molecule has 0 saturated carbocycles. The van der Waals surface area contributed by atoms with Gasteiger partial charge in [0.2, 0.25) is 15.9 Å². The Kier molecular flexibility index (Phi) is 4.68. The van der Waals surface area contributed by atoms with Crippen LogP contribution >= 0.6 is 0 Å². The number of nitrogens with one attached hydrogen (secondary N) is 2. The van der Waals surface area contributed by atoms with Crippen LogP contribution in [-0.4, -0.2) is 41.9 Å². The van der Waals surface area contributed by atoms with Crippen LogP contribution < -0.4 is 5.32 Å². The third kappa shape index (κ3) is 3.49. The number of aryl methyl sites for hydroxylation is 1. The quantitative estimate of drug-likeness (QED) is 0.880. The van der Waals surface area contributed by atoms with Crippen molar-refractivity contribution in [2.24, 2.45) is 5.92 Å². The fourth-order valence-electron chi connectivity index (χ4n) is 2.78. The van der Waals surface area contributed by atoms with E-state index in [0.29, 0.717) is 36.5 Å². The van der Waals surface area contributed by atoms with Crippen molar-refractivity contribution in [1.29, 1.82) is 0 Å². The van der Waals surface area contributed by atoms with Crippen molar-refractivity contribution in [2.45, 2.75) is 24.7 Å². The molecule has 0 aliphatic carbocycles. The van der Waals surface area contributed by atoms with Crippen LogP contribution in [0.3, 0.4) is 0 Å².